The van der Waals surface area contributed by atoms with Crippen LogP contribution in [0.25, 0.3) is 5.69 Å². The smallest absolute Gasteiger partial charge is 0.277 e. The molecule has 0 aliphatic carbocycles. The van der Waals surface area contributed by atoms with Crippen LogP contribution < -0.4 is 5.32 Å². The molecular weight excluding hydrogens is 338 g/mol. The number of aromatic nitrogens is 4. The normalized spacial score (nSPS) is 10.5. The maximum atomic E-state index is 12.4. The molecule has 0 fully saturated rings. The molecule has 0 radical (unpaired) electrons. The van der Waals surface area contributed by atoms with Crippen LogP contribution in [0.5, 0.6) is 0 Å². The Labute approximate surface area is 156 Å². The number of para-hydroxylation sites is 1. The van der Waals surface area contributed by atoms with Gasteiger partial charge in [-0.1, -0.05) is 30.3 Å². The Morgan fingerprint density at radius 3 is 2.33 bits per heavy atom. The van der Waals surface area contributed by atoms with E-state index in [1.54, 1.807) is 12.4 Å². The van der Waals surface area contributed by atoms with Gasteiger partial charge in [0, 0.05) is 18.1 Å². The Morgan fingerprint density at radius 2 is 1.59 bits per heavy atom. The molecule has 132 valence electrons. The lowest BCUT2D eigenvalue weighted by Gasteiger charge is -2.05. The minimum atomic E-state index is -0.293. The van der Waals surface area contributed by atoms with Crippen molar-refractivity contribution >= 4 is 11.6 Å². The zero-order valence-electron chi connectivity index (χ0n) is 14.5. The fraction of sp³-hybridized carbons (Fsp3) is 0.0476. The molecule has 2 aromatic carbocycles. The molecule has 0 saturated heterocycles. The van der Waals surface area contributed by atoms with Gasteiger partial charge in [-0.3, -0.25) is 9.78 Å². The van der Waals surface area contributed by atoms with Gasteiger partial charge in [-0.15, -0.1) is 5.10 Å². The molecule has 1 N–H and O–H groups in total. The van der Waals surface area contributed by atoms with E-state index in [2.05, 4.69) is 20.5 Å². The number of carbonyl (C=O) groups excluding carboxylic acids is 1. The quantitative estimate of drug-likeness (QED) is 0.595. The first kappa shape index (κ1) is 16.7. The summed E-state index contributed by atoms with van der Waals surface area (Å²) in [6.07, 6.45) is 5.85. The minimum absolute atomic E-state index is 0.264. The first-order valence-electron chi connectivity index (χ1n) is 8.55. The third-order valence-corrected chi connectivity index (χ3v) is 4.08. The van der Waals surface area contributed by atoms with Crippen molar-refractivity contribution in [2.24, 2.45) is 0 Å². The first-order chi connectivity index (χ1) is 13.3. The minimum Gasteiger partial charge on any atom is -0.321 e. The highest BCUT2D eigenvalue weighted by Gasteiger charge is 2.11. The molecule has 2 aromatic heterocycles. The summed E-state index contributed by atoms with van der Waals surface area (Å²) >= 11 is 0. The van der Waals surface area contributed by atoms with E-state index in [9.17, 15) is 4.79 Å². The Kier molecular flexibility index (Phi) is 4.70. The Balaban J connectivity index is 1.42. The highest BCUT2D eigenvalue weighted by molar-refractivity contribution is 6.02. The van der Waals surface area contributed by atoms with Crippen molar-refractivity contribution in [2.75, 3.05) is 5.32 Å². The van der Waals surface area contributed by atoms with E-state index in [4.69, 9.17) is 0 Å². The standard InChI is InChI=1S/C21H17N5O/c27-21(20-15-23-26(25-20)19-4-2-1-3-5-19)24-18-8-6-16(7-9-18)14-17-10-12-22-13-11-17/h1-13,15H,14H2,(H,24,27). The van der Waals surface area contributed by atoms with Gasteiger partial charge in [0.1, 0.15) is 0 Å². The summed E-state index contributed by atoms with van der Waals surface area (Å²) < 4.78 is 0. The summed E-state index contributed by atoms with van der Waals surface area (Å²) in [7, 11) is 0. The van der Waals surface area contributed by atoms with Gasteiger partial charge >= 0.3 is 0 Å². The van der Waals surface area contributed by atoms with Crippen LogP contribution >= 0.6 is 0 Å². The second-order valence-corrected chi connectivity index (χ2v) is 6.04. The molecule has 0 spiro atoms. The van der Waals surface area contributed by atoms with Gasteiger partial charge in [0.15, 0.2) is 5.69 Å². The van der Waals surface area contributed by atoms with Crippen molar-refractivity contribution in [3.05, 3.63) is 102 Å². The van der Waals surface area contributed by atoms with Gasteiger partial charge < -0.3 is 5.32 Å². The van der Waals surface area contributed by atoms with E-state index in [0.29, 0.717) is 5.69 Å². The molecule has 4 aromatic rings. The van der Waals surface area contributed by atoms with Gasteiger partial charge in [0.2, 0.25) is 0 Å². The number of pyridine rings is 1. The number of hydrogen-bond donors (Lipinski definition) is 1. The lowest BCUT2D eigenvalue weighted by Crippen LogP contribution is -2.13. The second kappa shape index (κ2) is 7.61. The number of carbonyl (C=O) groups is 1. The lowest BCUT2D eigenvalue weighted by molar-refractivity contribution is 0.102. The van der Waals surface area contributed by atoms with Gasteiger partial charge in [0.05, 0.1) is 11.9 Å². The van der Waals surface area contributed by atoms with Crippen molar-refractivity contribution in [3.8, 4) is 5.69 Å². The monoisotopic (exact) mass is 355 g/mol. The zero-order valence-corrected chi connectivity index (χ0v) is 14.5. The van der Waals surface area contributed by atoms with Gasteiger partial charge in [-0.2, -0.15) is 9.90 Å². The van der Waals surface area contributed by atoms with Crippen LogP contribution in [-0.2, 0) is 6.42 Å². The molecule has 27 heavy (non-hydrogen) atoms. The Bertz CT molecular complexity index is 1030. The summed E-state index contributed by atoms with van der Waals surface area (Å²) in [4.78, 5) is 17.9. The largest absolute Gasteiger partial charge is 0.321 e. The topological polar surface area (TPSA) is 72.7 Å². The third-order valence-electron chi connectivity index (χ3n) is 4.08. The van der Waals surface area contributed by atoms with Crippen LogP contribution in [0.15, 0.2) is 85.3 Å². The molecule has 6 nitrogen and oxygen atoms in total. The predicted octanol–water partition coefficient (Wildman–Crippen LogP) is 3.51. The van der Waals surface area contributed by atoms with Crippen molar-refractivity contribution in [3.63, 3.8) is 0 Å². The number of hydrogen-bond acceptors (Lipinski definition) is 4. The van der Waals surface area contributed by atoms with Crippen molar-refractivity contribution in [1.82, 2.24) is 20.0 Å². The van der Waals surface area contributed by atoms with Crippen molar-refractivity contribution in [1.29, 1.82) is 0 Å². The highest BCUT2D eigenvalue weighted by Crippen LogP contribution is 2.14. The van der Waals surface area contributed by atoms with Gasteiger partial charge in [0.25, 0.3) is 5.91 Å². The van der Waals surface area contributed by atoms with Crippen LogP contribution in [-0.4, -0.2) is 25.9 Å². The van der Waals surface area contributed by atoms with Crippen LogP contribution in [0, 0.1) is 0 Å². The van der Waals surface area contributed by atoms with E-state index in [-0.39, 0.29) is 11.6 Å². The molecule has 1 amide bonds. The van der Waals surface area contributed by atoms with E-state index in [1.165, 1.54) is 16.6 Å². The predicted molar refractivity (Wildman–Crippen MR) is 103 cm³/mol. The zero-order chi connectivity index (χ0) is 18.5. The van der Waals surface area contributed by atoms with Crippen LogP contribution in [0.3, 0.4) is 0 Å². The number of amides is 1. The van der Waals surface area contributed by atoms with Crippen LogP contribution in [0.1, 0.15) is 21.6 Å². The fourth-order valence-corrected chi connectivity index (χ4v) is 2.69. The number of nitrogens with zero attached hydrogens (tertiary/aromatic N) is 4. The summed E-state index contributed by atoms with van der Waals surface area (Å²) in [5.74, 6) is -0.293. The molecule has 0 aliphatic rings. The van der Waals surface area contributed by atoms with E-state index >= 15 is 0 Å². The summed E-state index contributed by atoms with van der Waals surface area (Å²) in [6, 6.07) is 21.2. The molecular formula is C21H17N5O. The maximum absolute atomic E-state index is 12.4. The van der Waals surface area contributed by atoms with Crippen molar-refractivity contribution < 1.29 is 4.79 Å². The van der Waals surface area contributed by atoms with Crippen LogP contribution in [0.2, 0.25) is 0 Å². The molecule has 0 saturated carbocycles. The summed E-state index contributed by atoms with van der Waals surface area (Å²) in [5, 5.41) is 11.2. The molecule has 0 aliphatic heterocycles. The Morgan fingerprint density at radius 1 is 0.889 bits per heavy atom. The van der Waals surface area contributed by atoms with E-state index in [0.717, 1.165) is 17.7 Å². The molecule has 6 heteroatoms. The van der Waals surface area contributed by atoms with E-state index in [1.807, 2.05) is 66.7 Å². The maximum Gasteiger partial charge on any atom is 0.277 e. The van der Waals surface area contributed by atoms with Gasteiger partial charge in [-0.25, -0.2) is 0 Å². The molecule has 4 rings (SSSR count). The number of anilines is 1. The number of rotatable bonds is 5. The van der Waals surface area contributed by atoms with Crippen LogP contribution in [0.4, 0.5) is 5.69 Å². The van der Waals surface area contributed by atoms with Gasteiger partial charge in [-0.05, 0) is 53.9 Å². The molecule has 2 heterocycles. The first-order valence-corrected chi connectivity index (χ1v) is 8.55. The van der Waals surface area contributed by atoms with Crippen molar-refractivity contribution in [2.45, 2.75) is 6.42 Å². The average molecular weight is 355 g/mol. The molecule has 0 bridgehead atoms. The number of benzene rings is 2. The van der Waals surface area contributed by atoms with E-state index < -0.39 is 0 Å². The highest BCUT2D eigenvalue weighted by atomic mass is 16.2. The SMILES string of the molecule is O=C(Nc1ccc(Cc2ccncc2)cc1)c1cnn(-c2ccccc2)n1. The number of nitrogens with one attached hydrogen (secondary N) is 1. The third kappa shape index (κ3) is 4.07. The second-order valence-electron chi connectivity index (χ2n) is 6.04. The average Bonchev–Trinajstić information content (AvgIpc) is 3.21. The fourth-order valence-electron chi connectivity index (χ4n) is 2.69. The lowest BCUT2D eigenvalue weighted by atomic mass is 10.1. The summed E-state index contributed by atoms with van der Waals surface area (Å²) in [5.41, 5.74) is 4.14. The Hall–Kier alpha value is -3.80. The summed E-state index contributed by atoms with van der Waals surface area (Å²) in [6.45, 7) is 0. The molecule has 0 atom stereocenters. The molecule has 0 unspecified atom stereocenters.